The normalized spacial score (nSPS) is 11.3. The molecule has 0 radical (unpaired) electrons. The topological polar surface area (TPSA) is 94.4 Å². The number of anilines is 1. The zero-order valence-electron chi connectivity index (χ0n) is 14.5. The van der Waals surface area contributed by atoms with Crippen LogP contribution in [0.2, 0.25) is 5.02 Å². The number of hydrogen-bond donors (Lipinski definition) is 3. The van der Waals surface area contributed by atoms with E-state index in [1.807, 2.05) is 6.07 Å². The molecule has 0 spiro atoms. The summed E-state index contributed by atoms with van der Waals surface area (Å²) in [5, 5.41) is 24.7. The molecule has 2 rings (SSSR count). The van der Waals surface area contributed by atoms with Crippen LogP contribution in [0.5, 0.6) is 5.75 Å². The van der Waals surface area contributed by atoms with Gasteiger partial charge in [-0.25, -0.2) is 0 Å². The highest BCUT2D eigenvalue weighted by molar-refractivity contribution is 6.32. The summed E-state index contributed by atoms with van der Waals surface area (Å²) in [6, 6.07) is 11.8. The number of hydrogen-bond acceptors (Lipinski definition) is 5. The van der Waals surface area contributed by atoms with Crippen molar-refractivity contribution in [1.29, 1.82) is 5.26 Å². The highest BCUT2D eigenvalue weighted by atomic mass is 35.5. The molecule has 3 N–H and O–H groups in total. The lowest BCUT2D eigenvalue weighted by Crippen LogP contribution is -2.26. The summed E-state index contributed by atoms with van der Waals surface area (Å²) in [4.78, 5) is 12.6. The van der Waals surface area contributed by atoms with E-state index in [-0.39, 0.29) is 25.1 Å². The van der Waals surface area contributed by atoms with Gasteiger partial charge in [-0.05, 0) is 42.8 Å². The number of carbonyl (C=O) groups is 1. The molecule has 1 amide bonds. The van der Waals surface area contributed by atoms with E-state index in [2.05, 4.69) is 10.6 Å². The number of benzene rings is 2. The third-order valence-electron chi connectivity index (χ3n) is 3.74. The molecule has 26 heavy (non-hydrogen) atoms. The van der Waals surface area contributed by atoms with Crippen LogP contribution in [0.15, 0.2) is 36.4 Å². The number of methoxy groups -OCH3 is 1. The predicted octanol–water partition coefficient (Wildman–Crippen LogP) is 2.94. The Labute approximate surface area is 157 Å². The second kappa shape index (κ2) is 9.09. The van der Waals surface area contributed by atoms with E-state index in [4.69, 9.17) is 21.6 Å². The highest BCUT2D eigenvalue weighted by Gasteiger charge is 2.14. The molecule has 6 nitrogen and oxygen atoms in total. The Morgan fingerprint density at radius 3 is 2.77 bits per heavy atom. The number of carbonyl (C=O) groups excluding carboxylic acids is 1. The number of nitrogens with zero attached hydrogens (tertiary/aromatic N) is 1. The Bertz CT molecular complexity index is 833. The third-order valence-corrected chi connectivity index (χ3v) is 4.05. The van der Waals surface area contributed by atoms with E-state index in [0.29, 0.717) is 27.6 Å². The largest absolute Gasteiger partial charge is 0.495 e. The minimum absolute atomic E-state index is 0.0777. The smallest absolute Gasteiger partial charge is 0.253 e. The van der Waals surface area contributed by atoms with Gasteiger partial charge in [-0.15, -0.1) is 0 Å². The van der Waals surface area contributed by atoms with Crippen LogP contribution in [0.3, 0.4) is 0 Å². The van der Waals surface area contributed by atoms with E-state index in [0.717, 1.165) is 5.56 Å². The molecule has 0 heterocycles. The number of nitrogens with one attached hydrogen (secondary N) is 2. The molecule has 1 unspecified atom stereocenters. The zero-order chi connectivity index (χ0) is 19.1. The minimum Gasteiger partial charge on any atom is -0.495 e. The molecule has 0 saturated carbocycles. The fourth-order valence-corrected chi connectivity index (χ4v) is 2.53. The minimum atomic E-state index is -0.330. The van der Waals surface area contributed by atoms with Gasteiger partial charge in [0.2, 0.25) is 0 Å². The van der Waals surface area contributed by atoms with Gasteiger partial charge in [-0.2, -0.15) is 5.26 Å². The van der Waals surface area contributed by atoms with Crippen molar-refractivity contribution in [3.05, 3.63) is 58.1 Å². The average Bonchev–Trinajstić information content (AvgIpc) is 2.67. The van der Waals surface area contributed by atoms with Crippen LogP contribution >= 0.6 is 11.6 Å². The molecule has 0 fully saturated rings. The van der Waals surface area contributed by atoms with Gasteiger partial charge in [0.15, 0.2) is 0 Å². The molecular formula is C19H20ClN3O3. The van der Waals surface area contributed by atoms with Gasteiger partial charge in [-0.3, -0.25) is 4.79 Å². The van der Waals surface area contributed by atoms with E-state index in [9.17, 15) is 9.90 Å². The standard InChI is InChI=1S/C19H20ClN3O3/c1-12(11-24)23-17-6-4-13(9-21)7-15(17)19(25)22-10-14-3-5-16(20)18(8-14)26-2/h3-8,12,23-24H,10-11H2,1-2H3,(H,22,25). The maximum atomic E-state index is 12.6. The van der Waals surface area contributed by atoms with E-state index < -0.39 is 0 Å². The van der Waals surface area contributed by atoms with E-state index in [1.54, 1.807) is 37.3 Å². The van der Waals surface area contributed by atoms with Crippen LogP contribution in [-0.4, -0.2) is 30.8 Å². The molecule has 0 aliphatic carbocycles. The van der Waals surface area contributed by atoms with Crippen molar-refractivity contribution < 1.29 is 14.6 Å². The molecule has 0 bridgehead atoms. The number of aliphatic hydroxyl groups excluding tert-OH is 1. The van der Waals surface area contributed by atoms with Gasteiger partial charge in [0, 0.05) is 18.3 Å². The molecule has 1 atom stereocenters. The van der Waals surface area contributed by atoms with Crippen molar-refractivity contribution in [3.8, 4) is 11.8 Å². The van der Waals surface area contributed by atoms with Crippen molar-refractivity contribution in [2.24, 2.45) is 0 Å². The summed E-state index contributed by atoms with van der Waals surface area (Å²) in [5.41, 5.74) is 2.10. The second-order valence-electron chi connectivity index (χ2n) is 5.75. The van der Waals surface area contributed by atoms with Gasteiger partial charge in [0.25, 0.3) is 5.91 Å². The maximum Gasteiger partial charge on any atom is 0.253 e. The summed E-state index contributed by atoms with van der Waals surface area (Å²) in [7, 11) is 1.53. The van der Waals surface area contributed by atoms with Crippen LogP contribution < -0.4 is 15.4 Å². The van der Waals surface area contributed by atoms with Crippen molar-refractivity contribution >= 4 is 23.2 Å². The van der Waals surface area contributed by atoms with Crippen molar-refractivity contribution in [2.75, 3.05) is 19.0 Å². The fourth-order valence-electron chi connectivity index (χ4n) is 2.33. The van der Waals surface area contributed by atoms with Crippen LogP contribution in [0.25, 0.3) is 0 Å². The maximum absolute atomic E-state index is 12.6. The molecule has 7 heteroatoms. The number of halogens is 1. The van der Waals surface area contributed by atoms with Crippen LogP contribution in [0.4, 0.5) is 5.69 Å². The number of nitriles is 1. The first kappa shape index (κ1) is 19.6. The van der Waals surface area contributed by atoms with E-state index >= 15 is 0 Å². The lowest BCUT2D eigenvalue weighted by molar-refractivity contribution is 0.0951. The zero-order valence-corrected chi connectivity index (χ0v) is 15.3. The molecule has 0 saturated heterocycles. The average molecular weight is 374 g/mol. The van der Waals surface area contributed by atoms with Gasteiger partial charge < -0.3 is 20.5 Å². The number of amides is 1. The molecule has 136 valence electrons. The molecule has 0 aliphatic rings. The van der Waals surface area contributed by atoms with Gasteiger partial charge in [-0.1, -0.05) is 17.7 Å². The molecule has 0 aromatic heterocycles. The Kier molecular flexibility index (Phi) is 6.84. The van der Waals surface area contributed by atoms with Crippen molar-refractivity contribution in [3.63, 3.8) is 0 Å². The molecule has 0 aliphatic heterocycles. The van der Waals surface area contributed by atoms with Gasteiger partial charge in [0.1, 0.15) is 5.75 Å². The van der Waals surface area contributed by atoms with Crippen molar-refractivity contribution in [1.82, 2.24) is 5.32 Å². The summed E-state index contributed by atoms with van der Waals surface area (Å²) < 4.78 is 5.17. The first-order chi connectivity index (χ1) is 12.5. The number of ether oxygens (including phenoxy) is 1. The first-order valence-electron chi connectivity index (χ1n) is 8.00. The quantitative estimate of drug-likeness (QED) is 0.693. The van der Waals surface area contributed by atoms with Gasteiger partial charge >= 0.3 is 0 Å². The summed E-state index contributed by atoms with van der Waals surface area (Å²) in [5.74, 6) is 0.202. The summed E-state index contributed by atoms with van der Waals surface area (Å²) >= 11 is 6.00. The molecule has 2 aromatic rings. The first-order valence-corrected chi connectivity index (χ1v) is 8.38. The van der Waals surface area contributed by atoms with Gasteiger partial charge in [0.05, 0.1) is 35.9 Å². The third kappa shape index (κ3) is 4.88. The monoisotopic (exact) mass is 373 g/mol. The Balaban J connectivity index is 2.19. The lowest BCUT2D eigenvalue weighted by Gasteiger charge is -2.16. The number of aliphatic hydroxyl groups is 1. The summed E-state index contributed by atoms with van der Waals surface area (Å²) in [6.45, 7) is 1.99. The Morgan fingerprint density at radius 1 is 1.35 bits per heavy atom. The van der Waals surface area contributed by atoms with Crippen LogP contribution in [0.1, 0.15) is 28.4 Å². The Morgan fingerprint density at radius 2 is 2.12 bits per heavy atom. The fraction of sp³-hybridized carbons (Fsp3) is 0.263. The SMILES string of the molecule is COc1cc(CNC(=O)c2cc(C#N)ccc2NC(C)CO)ccc1Cl. The number of rotatable bonds is 7. The van der Waals surface area contributed by atoms with Crippen LogP contribution in [-0.2, 0) is 6.54 Å². The summed E-state index contributed by atoms with van der Waals surface area (Å²) in [6.07, 6.45) is 0. The Hall–Kier alpha value is -2.75. The highest BCUT2D eigenvalue weighted by Crippen LogP contribution is 2.25. The lowest BCUT2D eigenvalue weighted by atomic mass is 10.1. The predicted molar refractivity (Wildman–Crippen MR) is 101 cm³/mol. The van der Waals surface area contributed by atoms with Crippen LogP contribution in [0, 0.1) is 11.3 Å². The van der Waals surface area contributed by atoms with Crippen molar-refractivity contribution in [2.45, 2.75) is 19.5 Å². The molecule has 2 aromatic carbocycles. The molecular weight excluding hydrogens is 354 g/mol. The van der Waals surface area contributed by atoms with E-state index in [1.165, 1.54) is 13.2 Å². The second-order valence-corrected chi connectivity index (χ2v) is 6.16.